The van der Waals surface area contributed by atoms with Crippen LogP contribution in [0.4, 0.5) is 5.82 Å². The van der Waals surface area contributed by atoms with Crippen LogP contribution < -0.4 is 15.6 Å². The molecule has 3 aromatic rings. The molecule has 2 aliphatic rings. The molecule has 1 aliphatic heterocycles. The van der Waals surface area contributed by atoms with Gasteiger partial charge in [0.1, 0.15) is 17.2 Å². The predicted octanol–water partition coefficient (Wildman–Crippen LogP) is 2.10. The van der Waals surface area contributed by atoms with Crippen molar-refractivity contribution < 1.29 is 19.4 Å². The topological polar surface area (TPSA) is 140 Å². The number of aromatic carboxylic acids is 1. The highest BCUT2D eigenvalue weighted by Crippen LogP contribution is 2.39. The summed E-state index contributed by atoms with van der Waals surface area (Å²) in [4.78, 5) is 48.8. The van der Waals surface area contributed by atoms with Crippen LogP contribution in [-0.4, -0.2) is 68.2 Å². The number of hydrogen-bond acceptors (Lipinski definition) is 9. The Morgan fingerprint density at radius 1 is 1.31 bits per heavy atom. The molecule has 1 saturated carbocycles. The molecule has 1 amide bonds. The van der Waals surface area contributed by atoms with Crippen molar-refractivity contribution >= 4 is 40.3 Å². The highest BCUT2D eigenvalue weighted by atomic mass is 32.1. The number of ether oxygens (including phenoxy) is 1. The number of anilines is 1. The Bertz CT molecular complexity index is 1390. The molecular weight excluding hydrogens is 484 g/mol. The number of carbonyl (C=O) groups excluding carboxylic acids is 1. The molecular formula is C24H28N6O5S. The Labute approximate surface area is 211 Å². The third-order valence-electron chi connectivity index (χ3n) is 6.49. The van der Waals surface area contributed by atoms with E-state index in [1.807, 2.05) is 18.7 Å². The predicted molar refractivity (Wildman–Crippen MR) is 134 cm³/mol. The summed E-state index contributed by atoms with van der Waals surface area (Å²) in [5.41, 5.74) is 0.0188. The molecule has 1 atom stereocenters. The zero-order chi connectivity index (χ0) is 25.6. The number of amides is 1. The maximum atomic E-state index is 13.0. The van der Waals surface area contributed by atoms with Gasteiger partial charge in [0.2, 0.25) is 16.5 Å². The second-order valence-electron chi connectivity index (χ2n) is 9.42. The lowest BCUT2D eigenvalue weighted by molar-refractivity contribution is -0.126. The van der Waals surface area contributed by atoms with Crippen LogP contribution in [0.1, 0.15) is 54.4 Å². The first-order chi connectivity index (χ1) is 17.3. The van der Waals surface area contributed by atoms with Gasteiger partial charge in [-0.2, -0.15) is 4.37 Å². The Morgan fingerprint density at radius 2 is 2.06 bits per heavy atom. The molecule has 0 radical (unpaired) electrons. The van der Waals surface area contributed by atoms with Gasteiger partial charge < -0.3 is 20.1 Å². The number of nitrogens with zero attached hydrogens (tertiary/aromatic N) is 5. The van der Waals surface area contributed by atoms with Crippen LogP contribution in [0.3, 0.4) is 0 Å². The lowest BCUT2D eigenvalue weighted by atomic mass is 9.98. The van der Waals surface area contributed by atoms with Crippen LogP contribution in [0.15, 0.2) is 17.1 Å². The lowest BCUT2D eigenvalue weighted by Crippen LogP contribution is -2.55. The molecule has 0 aromatic carbocycles. The molecule has 0 bridgehead atoms. The zero-order valence-corrected chi connectivity index (χ0v) is 21.2. The molecule has 0 spiro atoms. The van der Waals surface area contributed by atoms with Crippen molar-refractivity contribution in [1.29, 1.82) is 0 Å². The summed E-state index contributed by atoms with van der Waals surface area (Å²) < 4.78 is 11.3. The summed E-state index contributed by atoms with van der Waals surface area (Å²) in [5.74, 6) is 0.191. The van der Waals surface area contributed by atoms with E-state index in [1.54, 1.807) is 17.6 Å². The maximum Gasteiger partial charge on any atom is 0.341 e. The summed E-state index contributed by atoms with van der Waals surface area (Å²) in [6, 6.07) is 1.69. The van der Waals surface area contributed by atoms with Crippen molar-refractivity contribution in [2.24, 2.45) is 5.92 Å². The Balaban J connectivity index is 1.46. The van der Waals surface area contributed by atoms with Gasteiger partial charge in [-0.3, -0.25) is 14.2 Å². The molecule has 1 unspecified atom stereocenters. The average molecular weight is 513 g/mol. The summed E-state index contributed by atoms with van der Waals surface area (Å²) >= 11 is 1.16. The van der Waals surface area contributed by atoms with Crippen molar-refractivity contribution in [2.75, 3.05) is 31.2 Å². The number of fused-ring (bicyclic) bond motifs is 1. The molecule has 12 heteroatoms. The van der Waals surface area contributed by atoms with E-state index in [0.29, 0.717) is 54.4 Å². The van der Waals surface area contributed by atoms with Gasteiger partial charge in [-0.15, -0.1) is 0 Å². The van der Waals surface area contributed by atoms with Crippen LogP contribution in [-0.2, 0) is 9.53 Å². The van der Waals surface area contributed by atoms with E-state index in [1.165, 1.54) is 6.20 Å². The van der Waals surface area contributed by atoms with Gasteiger partial charge in [0.05, 0.1) is 17.9 Å². The van der Waals surface area contributed by atoms with Crippen molar-refractivity contribution in [1.82, 2.24) is 24.2 Å². The second-order valence-corrected chi connectivity index (χ2v) is 10.2. The number of hydrogen-bond donors (Lipinski definition) is 2. The summed E-state index contributed by atoms with van der Waals surface area (Å²) in [7, 11) is 0. The van der Waals surface area contributed by atoms with Gasteiger partial charge in [-0.05, 0) is 45.2 Å². The van der Waals surface area contributed by atoms with Gasteiger partial charge in [-0.1, -0.05) is 0 Å². The number of carbonyl (C=O) groups is 2. The van der Waals surface area contributed by atoms with Crippen LogP contribution in [0.5, 0.6) is 0 Å². The van der Waals surface area contributed by atoms with Crippen molar-refractivity contribution in [3.8, 4) is 5.13 Å². The Kier molecular flexibility index (Phi) is 6.47. The number of pyridine rings is 2. The summed E-state index contributed by atoms with van der Waals surface area (Å²) in [6.45, 7) is 7.64. The zero-order valence-electron chi connectivity index (χ0n) is 20.4. The SMILES string of the molecule is CCOCC(C)NC(=O)C1CN(c2cc(C)c3c(=O)c(C(=O)O)cn(-c4nc(C5CC5)ns4)c3n2)C1. The van der Waals surface area contributed by atoms with E-state index in [-0.39, 0.29) is 28.8 Å². The van der Waals surface area contributed by atoms with E-state index >= 15 is 0 Å². The Morgan fingerprint density at radius 3 is 2.72 bits per heavy atom. The van der Waals surface area contributed by atoms with Gasteiger partial charge in [-0.25, -0.2) is 14.8 Å². The smallest absolute Gasteiger partial charge is 0.341 e. The molecule has 5 rings (SSSR count). The fourth-order valence-corrected chi connectivity index (χ4v) is 5.02. The van der Waals surface area contributed by atoms with Gasteiger partial charge in [0.15, 0.2) is 5.65 Å². The van der Waals surface area contributed by atoms with Crippen LogP contribution >= 0.6 is 11.5 Å². The minimum absolute atomic E-state index is 0.0274. The van der Waals surface area contributed by atoms with E-state index in [9.17, 15) is 19.5 Å². The molecule has 4 heterocycles. The molecule has 190 valence electrons. The molecule has 36 heavy (non-hydrogen) atoms. The summed E-state index contributed by atoms with van der Waals surface area (Å²) in [6.07, 6.45) is 3.36. The highest BCUT2D eigenvalue weighted by Gasteiger charge is 2.35. The molecule has 2 fully saturated rings. The molecule has 3 aromatic heterocycles. The fourth-order valence-electron chi connectivity index (χ4n) is 4.30. The van der Waals surface area contributed by atoms with Crippen molar-refractivity contribution in [2.45, 2.75) is 45.6 Å². The maximum absolute atomic E-state index is 13.0. The van der Waals surface area contributed by atoms with E-state index in [0.717, 1.165) is 30.2 Å². The first-order valence-electron chi connectivity index (χ1n) is 12.0. The summed E-state index contributed by atoms with van der Waals surface area (Å²) in [5, 5.41) is 13.3. The van der Waals surface area contributed by atoms with E-state index in [2.05, 4.69) is 14.7 Å². The lowest BCUT2D eigenvalue weighted by Gasteiger charge is -2.39. The van der Waals surface area contributed by atoms with Gasteiger partial charge >= 0.3 is 5.97 Å². The van der Waals surface area contributed by atoms with Crippen molar-refractivity contribution in [3.05, 3.63) is 39.4 Å². The van der Waals surface area contributed by atoms with Crippen LogP contribution in [0, 0.1) is 12.8 Å². The third kappa shape index (κ3) is 4.58. The first kappa shape index (κ1) is 24.3. The van der Waals surface area contributed by atoms with E-state index in [4.69, 9.17) is 9.72 Å². The number of carboxylic acids is 1. The number of rotatable bonds is 9. The number of nitrogens with one attached hydrogen (secondary N) is 1. The van der Waals surface area contributed by atoms with Crippen molar-refractivity contribution in [3.63, 3.8) is 0 Å². The Hall–Kier alpha value is -3.38. The number of aromatic nitrogens is 4. The highest BCUT2D eigenvalue weighted by molar-refractivity contribution is 7.08. The van der Waals surface area contributed by atoms with Crippen LogP contribution in [0.25, 0.3) is 16.2 Å². The minimum Gasteiger partial charge on any atom is -0.477 e. The molecule has 2 N–H and O–H groups in total. The number of aryl methyl sites for hydroxylation is 1. The van der Waals surface area contributed by atoms with Gasteiger partial charge in [0.25, 0.3) is 0 Å². The fraction of sp³-hybridized carbons (Fsp3) is 0.500. The van der Waals surface area contributed by atoms with Gasteiger partial charge in [0, 0.05) is 49.4 Å². The van der Waals surface area contributed by atoms with E-state index < -0.39 is 11.4 Å². The third-order valence-corrected chi connectivity index (χ3v) is 7.22. The normalized spacial score (nSPS) is 16.7. The molecule has 11 nitrogen and oxygen atoms in total. The second kappa shape index (κ2) is 9.58. The average Bonchev–Trinajstić information content (AvgIpc) is 3.53. The monoisotopic (exact) mass is 512 g/mol. The quantitative estimate of drug-likeness (QED) is 0.441. The minimum atomic E-state index is -1.30. The van der Waals surface area contributed by atoms with Crippen LogP contribution in [0.2, 0.25) is 0 Å². The number of carboxylic acid groups (broad SMARTS) is 1. The standard InChI is InChI=1S/C24H28N6O5S/c1-4-35-11-13(3)25-22(32)15-8-29(9-15)17-7-12(2)18-19(31)16(23(33)34)10-30(21(18)26-17)24-27-20(28-36-24)14-5-6-14/h7,10,13-15H,4-6,8-9,11H2,1-3H3,(H,25,32)(H,33,34). The first-order valence-corrected chi connectivity index (χ1v) is 12.8. The molecule has 1 aliphatic carbocycles. The largest absolute Gasteiger partial charge is 0.477 e. The molecule has 1 saturated heterocycles.